The van der Waals surface area contributed by atoms with E-state index < -0.39 is 65.9 Å². The molecule has 2 fully saturated rings. The lowest BCUT2D eigenvalue weighted by atomic mass is 9.72. The Morgan fingerprint density at radius 1 is 1.03 bits per heavy atom. The maximum atomic E-state index is 13.9. The summed E-state index contributed by atoms with van der Waals surface area (Å²) in [5.41, 5.74) is -1.01. The number of carbonyl (C=O) groups is 4. The van der Waals surface area contributed by atoms with Gasteiger partial charge in [0.1, 0.15) is 12.1 Å². The highest BCUT2D eigenvalue weighted by molar-refractivity contribution is 5.93. The van der Waals surface area contributed by atoms with Crippen LogP contribution >= 0.6 is 0 Å². The molecule has 3 amide bonds. The van der Waals surface area contributed by atoms with E-state index in [-0.39, 0.29) is 11.8 Å². The summed E-state index contributed by atoms with van der Waals surface area (Å²) in [5, 5.41) is 15.6. The minimum atomic E-state index is -3.08. The number of alkyl carbamates (subject to hydrolysis) is 1. The molecule has 0 aromatic rings. The van der Waals surface area contributed by atoms with Crippen LogP contribution < -0.4 is 10.6 Å². The molecule has 38 heavy (non-hydrogen) atoms. The van der Waals surface area contributed by atoms with Crippen LogP contribution in [0.2, 0.25) is 0 Å². The smallest absolute Gasteiger partial charge is 0.407 e. The Morgan fingerprint density at radius 2 is 1.63 bits per heavy atom. The summed E-state index contributed by atoms with van der Waals surface area (Å²) in [5.74, 6) is -5.26. The van der Waals surface area contributed by atoms with Gasteiger partial charge < -0.3 is 30.1 Å². The van der Waals surface area contributed by atoms with Crippen LogP contribution in [0.25, 0.3) is 0 Å². The van der Waals surface area contributed by atoms with Crippen LogP contribution in [0.1, 0.15) is 79.1 Å². The van der Waals surface area contributed by atoms with E-state index in [1.54, 1.807) is 20.8 Å². The Bertz CT molecular complexity index is 866. The molecule has 1 saturated carbocycles. The van der Waals surface area contributed by atoms with E-state index in [0.717, 1.165) is 39.2 Å². The SMILES string of the molecule is COC(=O)N[C@H](C(=O)N1CC2(CCCCC2)C[C@H]1C(=O)N[C@@H](CCC(C)(F)F)C(O)C(=O)OC)C(C)(C)C. The summed E-state index contributed by atoms with van der Waals surface area (Å²) in [7, 11) is 2.24. The zero-order valence-electron chi connectivity index (χ0n) is 23.3. The molecule has 0 aromatic carbocycles. The lowest BCUT2D eigenvalue weighted by Gasteiger charge is -2.36. The number of halogens is 2. The average Bonchev–Trinajstić information content (AvgIpc) is 3.21. The first kappa shape index (κ1) is 31.7. The summed E-state index contributed by atoms with van der Waals surface area (Å²) in [6.07, 6.45) is 1.25. The number of hydrogen-bond acceptors (Lipinski definition) is 7. The second kappa shape index (κ2) is 12.6. The van der Waals surface area contributed by atoms with Crippen LogP contribution in [-0.2, 0) is 23.9 Å². The van der Waals surface area contributed by atoms with E-state index in [0.29, 0.717) is 19.9 Å². The molecular formula is C26H43F2N3O7. The molecule has 1 unspecified atom stereocenters. The van der Waals surface area contributed by atoms with Crippen molar-refractivity contribution in [1.29, 1.82) is 0 Å². The van der Waals surface area contributed by atoms with Crippen molar-refractivity contribution >= 4 is 23.9 Å². The monoisotopic (exact) mass is 547 g/mol. The average molecular weight is 548 g/mol. The molecule has 0 aromatic heterocycles. The van der Waals surface area contributed by atoms with Crippen molar-refractivity contribution in [2.45, 2.75) is 109 Å². The summed E-state index contributed by atoms with van der Waals surface area (Å²) < 4.78 is 36.5. The third-order valence-corrected chi connectivity index (χ3v) is 7.61. The number of methoxy groups -OCH3 is 2. The number of ether oxygens (including phenoxy) is 2. The van der Waals surface area contributed by atoms with Crippen LogP contribution in [0, 0.1) is 10.8 Å². The zero-order chi connectivity index (χ0) is 28.9. The zero-order valence-corrected chi connectivity index (χ0v) is 23.3. The molecule has 1 saturated heterocycles. The van der Waals surface area contributed by atoms with Gasteiger partial charge in [-0.2, -0.15) is 0 Å². The second-order valence-electron chi connectivity index (χ2n) is 11.9. The van der Waals surface area contributed by atoms with Gasteiger partial charge in [0.15, 0.2) is 6.10 Å². The number of aliphatic hydroxyl groups excluding tert-OH is 1. The standard InChI is InChI=1S/C26H43F2N3O7/c1-24(2,3)19(30-23(36)38-6)21(34)31-15-26(11-8-7-9-12-26)14-17(31)20(33)29-16(10-13-25(4,27)28)18(32)22(35)37-5/h16-19,32H,7-15H2,1-6H3,(H,29,33)(H,30,36)/t16-,17-,18?,19+/m0/s1. The number of amides is 3. The lowest BCUT2D eigenvalue weighted by molar-refractivity contribution is -0.153. The highest BCUT2D eigenvalue weighted by Gasteiger charge is 2.51. The van der Waals surface area contributed by atoms with Gasteiger partial charge in [0.25, 0.3) is 0 Å². The molecule has 3 N–H and O–H groups in total. The quantitative estimate of drug-likeness (QED) is 0.378. The Hall–Kier alpha value is -2.50. The largest absolute Gasteiger partial charge is 0.467 e. The van der Waals surface area contributed by atoms with E-state index in [1.165, 1.54) is 12.0 Å². The lowest BCUT2D eigenvalue weighted by Crippen LogP contribution is -2.59. The van der Waals surface area contributed by atoms with Gasteiger partial charge in [-0.15, -0.1) is 0 Å². The molecular weight excluding hydrogens is 504 g/mol. The van der Waals surface area contributed by atoms with E-state index >= 15 is 0 Å². The number of esters is 1. The van der Waals surface area contributed by atoms with Crippen LogP contribution in [-0.4, -0.2) is 84.8 Å². The fraction of sp³-hybridized carbons (Fsp3) is 0.846. The molecule has 0 bridgehead atoms. The molecule has 10 nitrogen and oxygen atoms in total. The van der Waals surface area contributed by atoms with Crippen molar-refractivity contribution in [2.24, 2.45) is 10.8 Å². The number of rotatable bonds is 9. The molecule has 2 aliphatic rings. The first-order valence-corrected chi connectivity index (χ1v) is 13.1. The van der Waals surface area contributed by atoms with Crippen molar-refractivity contribution in [3.8, 4) is 0 Å². The Morgan fingerprint density at radius 3 is 2.13 bits per heavy atom. The second-order valence-corrected chi connectivity index (χ2v) is 11.9. The Kier molecular flexibility index (Phi) is 10.5. The summed E-state index contributed by atoms with van der Waals surface area (Å²) in [6, 6.07) is -3.31. The van der Waals surface area contributed by atoms with Gasteiger partial charge in [-0.3, -0.25) is 9.59 Å². The first-order valence-electron chi connectivity index (χ1n) is 13.1. The summed E-state index contributed by atoms with van der Waals surface area (Å²) >= 11 is 0. The third-order valence-electron chi connectivity index (χ3n) is 7.61. The van der Waals surface area contributed by atoms with Gasteiger partial charge in [-0.05, 0) is 43.4 Å². The van der Waals surface area contributed by atoms with Gasteiger partial charge in [0.2, 0.25) is 17.7 Å². The normalized spacial score (nSPS) is 21.8. The Balaban J connectivity index is 2.38. The number of nitrogens with zero attached hydrogens (tertiary/aromatic N) is 1. The van der Waals surface area contributed by atoms with Crippen molar-refractivity contribution in [2.75, 3.05) is 20.8 Å². The number of likely N-dealkylation sites (tertiary alicyclic amines) is 1. The van der Waals surface area contributed by atoms with Crippen molar-refractivity contribution in [3.05, 3.63) is 0 Å². The topological polar surface area (TPSA) is 134 Å². The van der Waals surface area contributed by atoms with E-state index in [4.69, 9.17) is 4.74 Å². The molecule has 1 spiro atoms. The predicted molar refractivity (Wildman–Crippen MR) is 134 cm³/mol. The number of nitrogens with one attached hydrogen (secondary N) is 2. The fourth-order valence-electron chi connectivity index (χ4n) is 5.46. The number of alkyl halides is 2. The number of carbonyl (C=O) groups excluding carboxylic acids is 4. The van der Waals surface area contributed by atoms with E-state index in [2.05, 4.69) is 15.4 Å². The van der Waals surface area contributed by atoms with Gasteiger partial charge in [-0.25, -0.2) is 18.4 Å². The molecule has 0 radical (unpaired) electrons. The van der Waals surface area contributed by atoms with Crippen LogP contribution in [0.3, 0.4) is 0 Å². The molecule has 1 heterocycles. The molecule has 1 aliphatic heterocycles. The van der Waals surface area contributed by atoms with Crippen molar-refractivity contribution in [1.82, 2.24) is 15.5 Å². The minimum Gasteiger partial charge on any atom is -0.467 e. The van der Waals surface area contributed by atoms with Crippen LogP contribution in [0.5, 0.6) is 0 Å². The van der Waals surface area contributed by atoms with Crippen LogP contribution in [0.15, 0.2) is 0 Å². The molecule has 4 atom stereocenters. The highest BCUT2D eigenvalue weighted by atomic mass is 19.3. The molecule has 12 heteroatoms. The predicted octanol–water partition coefficient (Wildman–Crippen LogP) is 2.76. The van der Waals surface area contributed by atoms with Crippen molar-refractivity contribution in [3.63, 3.8) is 0 Å². The van der Waals surface area contributed by atoms with Gasteiger partial charge in [-0.1, -0.05) is 40.0 Å². The molecule has 2 rings (SSSR count). The molecule has 218 valence electrons. The first-order chi connectivity index (χ1) is 17.5. The molecule has 1 aliphatic carbocycles. The van der Waals surface area contributed by atoms with Crippen LogP contribution in [0.4, 0.5) is 13.6 Å². The minimum absolute atomic E-state index is 0.295. The number of aliphatic hydroxyl groups is 1. The number of hydrogen-bond donors (Lipinski definition) is 3. The maximum Gasteiger partial charge on any atom is 0.407 e. The van der Waals surface area contributed by atoms with Crippen molar-refractivity contribution < 1.29 is 42.5 Å². The fourth-order valence-corrected chi connectivity index (χ4v) is 5.46. The summed E-state index contributed by atoms with van der Waals surface area (Å²) in [6.45, 7) is 6.35. The summed E-state index contributed by atoms with van der Waals surface area (Å²) in [4.78, 5) is 53.0. The third kappa shape index (κ3) is 8.25. The maximum absolute atomic E-state index is 13.9. The van der Waals surface area contributed by atoms with Gasteiger partial charge in [0.05, 0.1) is 20.3 Å². The highest BCUT2D eigenvalue weighted by Crippen LogP contribution is 2.47. The van der Waals surface area contributed by atoms with Gasteiger partial charge in [0, 0.05) is 13.0 Å². The Labute approximate surface area is 223 Å². The van der Waals surface area contributed by atoms with E-state index in [9.17, 15) is 33.1 Å². The van der Waals surface area contributed by atoms with Gasteiger partial charge >= 0.3 is 12.1 Å². The van der Waals surface area contributed by atoms with E-state index in [1.807, 2.05) is 0 Å².